The van der Waals surface area contributed by atoms with Gasteiger partial charge in [-0.1, -0.05) is 47.5 Å². The topological polar surface area (TPSA) is 52.7 Å². The number of hydrogen-bond acceptors (Lipinski definition) is 3. The molecule has 0 atom stereocenters. The fraction of sp³-hybridized carbons (Fsp3) is 0.0500. The first-order valence-electron chi connectivity index (χ1n) is 8.17. The summed E-state index contributed by atoms with van der Waals surface area (Å²) in [5.74, 6) is 0.623. The smallest absolute Gasteiger partial charge is 0.205 e. The number of benzene rings is 3. The van der Waals surface area contributed by atoms with Crippen LogP contribution >= 0.6 is 23.2 Å². The average molecular weight is 383 g/mol. The molecule has 26 heavy (non-hydrogen) atoms. The number of fused-ring (bicyclic) bond motifs is 1. The molecule has 1 heterocycles. The number of aromatic nitrogens is 2. The SMILES string of the molecule is Clc1ccc(Cl)c(Nc2nc3ccc(CNc4ccccc4)cc3[nH]2)c1. The number of nitrogens with one attached hydrogen (secondary N) is 3. The molecule has 0 amide bonds. The van der Waals surface area contributed by atoms with Crippen LogP contribution in [0.4, 0.5) is 17.3 Å². The number of para-hydroxylation sites is 1. The Morgan fingerprint density at radius 3 is 2.62 bits per heavy atom. The maximum atomic E-state index is 6.20. The van der Waals surface area contributed by atoms with Crippen molar-refractivity contribution in [2.75, 3.05) is 10.6 Å². The maximum Gasteiger partial charge on any atom is 0.205 e. The summed E-state index contributed by atoms with van der Waals surface area (Å²) >= 11 is 12.2. The highest BCUT2D eigenvalue weighted by Crippen LogP contribution is 2.28. The zero-order valence-electron chi connectivity index (χ0n) is 13.8. The first-order chi connectivity index (χ1) is 12.7. The predicted molar refractivity (Wildman–Crippen MR) is 110 cm³/mol. The molecule has 0 saturated carbocycles. The van der Waals surface area contributed by atoms with E-state index < -0.39 is 0 Å². The number of halogens is 2. The average Bonchev–Trinajstić information content (AvgIpc) is 3.05. The van der Waals surface area contributed by atoms with E-state index in [1.165, 1.54) is 0 Å². The van der Waals surface area contributed by atoms with E-state index in [2.05, 4.69) is 32.7 Å². The van der Waals surface area contributed by atoms with E-state index in [1.807, 2.05) is 36.4 Å². The number of hydrogen-bond donors (Lipinski definition) is 3. The van der Waals surface area contributed by atoms with Gasteiger partial charge in [0.05, 0.1) is 21.7 Å². The first kappa shape index (κ1) is 16.8. The van der Waals surface area contributed by atoms with Crippen LogP contribution < -0.4 is 10.6 Å². The predicted octanol–water partition coefficient (Wildman–Crippen LogP) is 6.23. The van der Waals surface area contributed by atoms with E-state index in [0.717, 1.165) is 28.8 Å². The van der Waals surface area contributed by atoms with Crippen molar-refractivity contribution in [3.05, 3.63) is 82.3 Å². The molecule has 0 radical (unpaired) electrons. The van der Waals surface area contributed by atoms with Crippen molar-refractivity contribution >= 4 is 51.6 Å². The number of aromatic amines is 1. The molecule has 0 fully saturated rings. The van der Waals surface area contributed by atoms with Crippen LogP contribution in [0.25, 0.3) is 11.0 Å². The van der Waals surface area contributed by atoms with Crippen LogP contribution in [-0.2, 0) is 6.54 Å². The molecule has 4 aromatic rings. The van der Waals surface area contributed by atoms with Gasteiger partial charge in [-0.3, -0.25) is 0 Å². The van der Waals surface area contributed by atoms with E-state index in [0.29, 0.717) is 21.7 Å². The van der Waals surface area contributed by atoms with E-state index >= 15 is 0 Å². The Labute approximate surface area is 161 Å². The third-order valence-electron chi connectivity index (χ3n) is 4.00. The molecule has 0 aliphatic carbocycles. The Morgan fingerprint density at radius 1 is 0.923 bits per heavy atom. The summed E-state index contributed by atoms with van der Waals surface area (Å²) in [6.45, 7) is 0.738. The molecule has 0 spiro atoms. The Bertz CT molecular complexity index is 1040. The lowest BCUT2D eigenvalue weighted by Gasteiger charge is -2.06. The first-order valence-corrected chi connectivity index (χ1v) is 8.92. The Balaban J connectivity index is 1.53. The minimum absolute atomic E-state index is 0.586. The lowest BCUT2D eigenvalue weighted by molar-refractivity contribution is 1.15. The summed E-state index contributed by atoms with van der Waals surface area (Å²) in [5, 5.41) is 7.78. The van der Waals surface area contributed by atoms with Gasteiger partial charge in [0.25, 0.3) is 0 Å². The second kappa shape index (κ2) is 7.28. The van der Waals surface area contributed by atoms with Crippen molar-refractivity contribution in [1.82, 2.24) is 9.97 Å². The summed E-state index contributed by atoms with van der Waals surface area (Å²) in [6, 6.07) is 21.5. The zero-order valence-corrected chi connectivity index (χ0v) is 15.3. The summed E-state index contributed by atoms with van der Waals surface area (Å²) < 4.78 is 0. The van der Waals surface area contributed by atoms with E-state index in [-0.39, 0.29) is 0 Å². The molecule has 4 rings (SSSR count). The van der Waals surface area contributed by atoms with Gasteiger partial charge in [0.15, 0.2) is 0 Å². The highest BCUT2D eigenvalue weighted by molar-refractivity contribution is 6.35. The van der Waals surface area contributed by atoms with Crippen LogP contribution in [0.2, 0.25) is 10.0 Å². The molecule has 6 heteroatoms. The number of imidazole rings is 1. The van der Waals surface area contributed by atoms with Gasteiger partial charge in [0.1, 0.15) is 0 Å². The molecule has 1 aromatic heterocycles. The Kier molecular flexibility index (Phi) is 4.69. The van der Waals surface area contributed by atoms with Gasteiger partial charge in [-0.25, -0.2) is 4.98 Å². The highest BCUT2D eigenvalue weighted by atomic mass is 35.5. The third kappa shape index (κ3) is 3.77. The quantitative estimate of drug-likeness (QED) is 0.383. The van der Waals surface area contributed by atoms with Crippen molar-refractivity contribution in [3.63, 3.8) is 0 Å². The van der Waals surface area contributed by atoms with Crippen molar-refractivity contribution < 1.29 is 0 Å². The lowest BCUT2D eigenvalue weighted by Crippen LogP contribution is -1.98. The lowest BCUT2D eigenvalue weighted by atomic mass is 10.2. The Hall–Kier alpha value is -2.69. The highest BCUT2D eigenvalue weighted by Gasteiger charge is 2.07. The summed E-state index contributed by atoms with van der Waals surface area (Å²) in [6.07, 6.45) is 0. The standard InChI is InChI=1S/C20H16Cl2N4/c21-14-7-8-16(22)18(11-14)25-20-24-17-9-6-13(10-19(17)26-20)12-23-15-4-2-1-3-5-15/h1-11,23H,12H2,(H2,24,25,26). The van der Waals surface area contributed by atoms with Gasteiger partial charge < -0.3 is 15.6 Å². The fourth-order valence-corrected chi connectivity index (χ4v) is 3.04. The molecule has 3 N–H and O–H groups in total. The molecule has 0 aliphatic rings. The summed E-state index contributed by atoms with van der Waals surface area (Å²) in [5.41, 5.74) is 4.81. The van der Waals surface area contributed by atoms with Crippen LogP contribution in [-0.4, -0.2) is 9.97 Å². The molecule has 0 unspecified atom stereocenters. The minimum Gasteiger partial charge on any atom is -0.381 e. The second-order valence-corrected chi connectivity index (χ2v) is 6.75. The number of anilines is 3. The van der Waals surface area contributed by atoms with E-state index in [1.54, 1.807) is 18.2 Å². The van der Waals surface area contributed by atoms with Crippen LogP contribution in [0.1, 0.15) is 5.56 Å². The van der Waals surface area contributed by atoms with E-state index in [4.69, 9.17) is 23.2 Å². The molecule has 0 aliphatic heterocycles. The number of nitrogens with zero attached hydrogens (tertiary/aromatic N) is 1. The largest absolute Gasteiger partial charge is 0.381 e. The van der Waals surface area contributed by atoms with Crippen LogP contribution in [0.15, 0.2) is 66.7 Å². The normalized spacial score (nSPS) is 10.8. The van der Waals surface area contributed by atoms with Gasteiger partial charge in [-0.05, 0) is 48.0 Å². The summed E-state index contributed by atoms with van der Waals surface area (Å²) in [7, 11) is 0. The van der Waals surface area contributed by atoms with Crippen LogP contribution in [0.3, 0.4) is 0 Å². The molecule has 3 aromatic carbocycles. The minimum atomic E-state index is 0.586. The molecular weight excluding hydrogens is 367 g/mol. The van der Waals surface area contributed by atoms with Crippen molar-refractivity contribution in [3.8, 4) is 0 Å². The maximum absolute atomic E-state index is 6.20. The third-order valence-corrected chi connectivity index (χ3v) is 4.56. The molecule has 130 valence electrons. The molecule has 0 bridgehead atoms. The Morgan fingerprint density at radius 2 is 1.77 bits per heavy atom. The van der Waals surface area contributed by atoms with Crippen molar-refractivity contribution in [2.45, 2.75) is 6.54 Å². The van der Waals surface area contributed by atoms with Crippen LogP contribution in [0.5, 0.6) is 0 Å². The van der Waals surface area contributed by atoms with Crippen molar-refractivity contribution in [2.24, 2.45) is 0 Å². The molecule has 4 nitrogen and oxygen atoms in total. The van der Waals surface area contributed by atoms with Gasteiger partial charge in [-0.2, -0.15) is 0 Å². The number of H-pyrrole nitrogens is 1. The van der Waals surface area contributed by atoms with Crippen molar-refractivity contribution in [1.29, 1.82) is 0 Å². The van der Waals surface area contributed by atoms with Gasteiger partial charge in [0.2, 0.25) is 5.95 Å². The van der Waals surface area contributed by atoms with Gasteiger partial charge in [0, 0.05) is 17.3 Å². The summed E-state index contributed by atoms with van der Waals surface area (Å²) in [4.78, 5) is 7.83. The molecular formula is C20H16Cl2N4. The number of rotatable bonds is 5. The van der Waals surface area contributed by atoms with Crippen LogP contribution in [0, 0.1) is 0 Å². The fourth-order valence-electron chi connectivity index (χ4n) is 2.71. The molecule has 0 saturated heterocycles. The van der Waals surface area contributed by atoms with Gasteiger partial charge in [-0.15, -0.1) is 0 Å². The zero-order chi connectivity index (χ0) is 17.9. The second-order valence-electron chi connectivity index (χ2n) is 5.91. The van der Waals surface area contributed by atoms with Gasteiger partial charge >= 0.3 is 0 Å². The monoisotopic (exact) mass is 382 g/mol. The van der Waals surface area contributed by atoms with E-state index in [9.17, 15) is 0 Å².